The van der Waals surface area contributed by atoms with E-state index in [1.165, 1.54) is 0 Å². The molecule has 1 aromatic rings. The van der Waals surface area contributed by atoms with Gasteiger partial charge in [-0.2, -0.15) is 0 Å². The fraction of sp³-hybridized carbons (Fsp3) is 0.588. The topological polar surface area (TPSA) is 67.6 Å². The largest absolute Gasteiger partial charge is 0.492 e. The van der Waals surface area contributed by atoms with E-state index in [-0.39, 0.29) is 11.9 Å². The molecule has 0 unspecified atom stereocenters. The van der Waals surface area contributed by atoms with Crippen molar-refractivity contribution in [2.24, 2.45) is 5.73 Å². The summed E-state index contributed by atoms with van der Waals surface area (Å²) in [6, 6.07) is 7.62. The number of nitrogens with two attached hydrogens (primary N) is 1. The highest BCUT2D eigenvalue weighted by molar-refractivity contribution is 6.30. The number of hydrogen-bond donors (Lipinski definition) is 2. The minimum absolute atomic E-state index is 0.0815. The van der Waals surface area contributed by atoms with Gasteiger partial charge in [-0.1, -0.05) is 11.6 Å². The number of piperidine rings is 1. The molecular weight excluding hydrogens is 314 g/mol. The van der Waals surface area contributed by atoms with E-state index in [2.05, 4.69) is 10.2 Å². The predicted molar refractivity (Wildman–Crippen MR) is 92.8 cm³/mol. The maximum Gasteiger partial charge on any atom is 0.239 e. The number of ether oxygens (including phenoxy) is 1. The lowest BCUT2D eigenvalue weighted by atomic mass is 10.0. The van der Waals surface area contributed by atoms with Crippen LogP contribution in [0.25, 0.3) is 0 Å². The highest BCUT2D eigenvalue weighted by Gasteiger charge is 2.26. The Bertz CT molecular complexity index is 506. The molecule has 0 atom stereocenters. The summed E-state index contributed by atoms with van der Waals surface area (Å²) in [6.45, 7) is 6.90. The molecule has 0 spiro atoms. The molecule has 1 saturated heterocycles. The molecule has 0 bridgehead atoms. The zero-order chi connectivity index (χ0) is 16.9. The van der Waals surface area contributed by atoms with Gasteiger partial charge in [-0.15, -0.1) is 0 Å². The smallest absolute Gasteiger partial charge is 0.239 e. The second-order valence-electron chi connectivity index (χ2n) is 6.61. The van der Waals surface area contributed by atoms with Crippen LogP contribution in [0.15, 0.2) is 24.3 Å². The minimum atomic E-state index is -0.816. The molecule has 1 amide bonds. The van der Waals surface area contributed by atoms with Gasteiger partial charge >= 0.3 is 0 Å². The van der Waals surface area contributed by atoms with E-state index in [0.717, 1.165) is 38.2 Å². The molecule has 2 rings (SSSR count). The molecule has 1 aromatic carbocycles. The fourth-order valence-electron chi connectivity index (χ4n) is 2.50. The lowest BCUT2D eigenvalue weighted by Gasteiger charge is -2.33. The summed E-state index contributed by atoms with van der Waals surface area (Å²) in [6.07, 6.45) is 1.89. The molecule has 0 aliphatic carbocycles. The van der Waals surface area contributed by atoms with Gasteiger partial charge in [0.2, 0.25) is 5.91 Å². The van der Waals surface area contributed by atoms with Crippen LogP contribution in [0.3, 0.4) is 0 Å². The number of benzene rings is 1. The number of hydrogen-bond acceptors (Lipinski definition) is 4. The van der Waals surface area contributed by atoms with Crippen molar-refractivity contribution >= 4 is 17.5 Å². The van der Waals surface area contributed by atoms with E-state index >= 15 is 0 Å². The number of carbonyl (C=O) groups is 1. The number of halogens is 1. The third kappa shape index (κ3) is 6.01. The molecule has 1 fully saturated rings. The lowest BCUT2D eigenvalue weighted by Crippen LogP contribution is -2.54. The molecule has 0 saturated carbocycles. The van der Waals surface area contributed by atoms with Gasteiger partial charge in [-0.05, 0) is 51.0 Å². The lowest BCUT2D eigenvalue weighted by molar-refractivity contribution is -0.126. The first-order valence-corrected chi connectivity index (χ1v) is 8.43. The predicted octanol–water partition coefficient (Wildman–Crippen LogP) is 2.04. The second kappa shape index (κ2) is 7.99. The normalized spacial score (nSPS) is 17.0. The molecule has 1 aliphatic rings. The molecule has 128 valence electrons. The Labute approximate surface area is 143 Å². The fourth-order valence-corrected chi connectivity index (χ4v) is 2.62. The van der Waals surface area contributed by atoms with Gasteiger partial charge in [0.1, 0.15) is 12.4 Å². The van der Waals surface area contributed by atoms with Crippen molar-refractivity contribution in [3.05, 3.63) is 29.3 Å². The van der Waals surface area contributed by atoms with Gasteiger partial charge in [0, 0.05) is 30.7 Å². The van der Waals surface area contributed by atoms with Crippen molar-refractivity contribution in [1.82, 2.24) is 10.2 Å². The molecule has 6 heteroatoms. The van der Waals surface area contributed by atoms with Gasteiger partial charge in [-0.25, -0.2) is 0 Å². The third-order valence-corrected chi connectivity index (χ3v) is 4.25. The van der Waals surface area contributed by atoms with Crippen molar-refractivity contribution in [3.63, 3.8) is 0 Å². The van der Waals surface area contributed by atoms with Crippen molar-refractivity contribution in [3.8, 4) is 5.75 Å². The number of rotatable bonds is 6. The van der Waals surface area contributed by atoms with E-state index in [1.54, 1.807) is 13.8 Å². The summed E-state index contributed by atoms with van der Waals surface area (Å²) in [5.41, 5.74) is 4.99. The summed E-state index contributed by atoms with van der Waals surface area (Å²) >= 11 is 5.84. The van der Waals surface area contributed by atoms with Crippen molar-refractivity contribution in [1.29, 1.82) is 0 Å². The number of nitrogens with zero attached hydrogens (tertiary/aromatic N) is 1. The van der Waals surface area contributed by atoms with Crippen molar-refractivity contribution < 1.29 is 9.53 Å². The summed E-state index contributed by atoms with van der Waals surface area (Å²) < 4.78 is 5.71. The molecule has 23 heavy (non-hydrogen) atoms. The Morgan fingerprint density at radius 2 is 1.96 bits per heavy atom. The van der Waals surface area contributed by atoms with E-state index in [0.29, 0.717) is 11.6 Å². The highest BCUT2D eigenvalue weighted by atomic mass is 35.5. The Balaban J connectivity index is 1.65. The molecule has 0 radical (unpaired) electrons. The van der Waals surface area contributed by atoms with E-state index in [4.69, 9.17) is 22.1 Å². The molecule has 1 aliphatic heterocycles. The summed E-state index contributed by atoms with van der Waals surface area (Å²) in [5, 5.41) is 3.74. The zero-order valence-corrected chi connectivity index (χ0v) is 14.6. The third-order valence-electron chi connectivity index (χ3n) is 4.00. The number of likely N-dealkylation sites (tertiary alicyclic amines) is 1. The quantitative estimate of drug-likeness (QED) is 0.832. The minimum Gasteiger partial charge on any atom is -0.492 e. The first kappa shape index (κ1) is 18.0. The highest BCUT2D eigenvalue weighted by Crippen LogP contribution is 2.16. The van der Waals surface area contributed by atoms with Crippen LogP contribution in [0.5, 0.6) is 5.75 Å². The van der Waals surface area contributed by atoms with Crippen LogP contribution in [0.1, 0.15) is 26.7 Å². The van der Waals surface area contributed by atoms with Crippen LogP contribution in [0.4, 0.5) is 0 Å². The first-order chi connectivity index (χ1) is 10.8. The van der Waals surface area contributed by atoms with Crippen LogP contribution >= 0.6 is 11.6 Å². The molecule has 3 N–H and O–H groups in total. The summed E-state index contributed by atoms with van der Waals surface area (Å²) in [7, 11) is 0. The second-order valence-corrected chi connectivity index (χ2v) is 7.05. The van der Waals surface area contributed by atoms with Crippen LogP contribution in [-0.2, 0) is 4.79 Å². The number of amides is 1. The standard InChI is InChI=1S/C17H26ClN3O2/c1-17(2,19)16(22)20-14-7-9-21(10-8-14)11-12-23-15-5-3-13(18)4-6-15/h3-6,14H,7-12,19H2,1-2H3,(H,20,22). The Kier molecular flexibility index (Phi) is 6.27. The van der Waals surface area contributed by atoms with Crippen LogP contribution in [0, 0.1) is 0 Å². The van der Waals surface area contributed by atoms with Crippen molar-refractivity contribution in [2.75, 3.05) is 26.2 Å². The Morgan fingerprint density at radius 3 is 2.52 bits per heavy atom. The maximum absolute atomic E-state index is 11.9. The Morgan fingerprint density at radius 1 is 1.35 bits per heavy atom. The number of nitrogens with one attached hydrogen (secondary N) is 1. The summed E-state index contributed by atoms with van der Waals surface area (Å²) in [5.74, 6) is 0.753. The average molecular weight is 340 g/mol. The SMILES string of the molecule is CC(C)(N)C(=O)NC1CCN(CCOc2ccc(Cl)cc2)CC1. The van der Waals surface area contributed by atoms with Gasteiger partial charge in [0.15, 0.2) is 0 Å². The van der Waals surface area contributed by atoms with E-state index in [1.807, 2.05) is 24.3 Å². The van der Waals surface area contributed by atoms with Crippen molar-refractivity contribution in [2.45, 2.75) is 38.3 Å². The van der Waals surface area contributed by atoms with E-state index in [9.17, 15) is 4.79 Å². The van der Waals surface area contributed by atoms with Crippen LogP contribution < -0.4 is 15.8 Å². The first-order valence-electron chi connectivity index (χ1n) is 8.05. The van der Waals surface area contributed by atoms with E-state index < -0.39 is 5.54 Å². The molecule has 5 nitrogen and oxygen atoms in total. The monoisotopic (exact) mass is 339 g/mol. The van der Waals surface area contributed by atoms with Crippen LogP contribution in [0.2, 0.25) is 5.02 Å². The van der Waals surface area contributed by atoms with Gasteiger partial charge in [-0.3, -0.25) is 9.69 Å². The Hall–Kier alpha value is -1.30. The number of carbonyl (C=O) groups excluding carboxylic acids is 1. The zero-order valence-electron chi connectivity index (χ0n) is 13.8. The molecular formula is C17H26ClN3O2. The average Bonchev–Trinajstić information content (AvgIpc) is 2.50. The summed E-state index contributed by atoms with van der Waals surface area (Å²) in [4.78, 5) is 14.2. The van der Waals surface area contributed by atoms with Gasteiger partial charge < -0.3 is 15.8 Å². The van der Waals surface area contributed by atoms with Gasteiger partial charge in [0.05, 0.1) is 5.54 Å². The maximum atomic E-state index is 11.9. The molecule has 0 aromatic heterocycles. The van der Waals surface area contributed by atoms with Crippen LogP contribution in [-0.4, -0.2) is 48.6 Å². The molecule has 1 heterocycles. The van der Waals surface area contributed by atoms with Gasteiger partial charge in [0.25, 0.3) is 0 Å².